The fourth-order valence-electron chi connectivity index (χ4n) is 1.36. The number of carbonyl (C=O) groups excluding carboxylic acids is 1. The third-order valence-electron chi connectivity index (χ3n) is 2.47. The molecule has 2 atom stereocenters. The van der Waals surface area contributed by atoms with Crippen molar-refractivity contribution in [2.24, 2.45) is 5.73 Å². The Kier molecular flexibility index (Phi) is 7.69. The fourth-order valence-corrected chi connectivity index (χ4v) is 1.36. The summed E-state index contributed by atoms with van der Waals surface area (Å²) in [5, 5.41) is 19.6. The Bertz CT molecular complexity index is 306. The van der Waals surface area contributed by atoms with Gasteiger partial charge in [0.1, 0.15) is 6.04 Å². The first-order chi connectivity index (χ1) is 8.38. The van der Waals surface area contributed by atoms with Crippen molar-refractivity contribution in [2.75, 3.05) is 0 Å². The van der Waals surface area contributed by atoms with Crippen LogP contribution in [0.1, 0.15) is 39.0 Å². The summed E-state index contributed by atoms with van der Waals surface area (Å²) >= 11 is 0. The van der Waals surface area contributed by atoms with Crippen molar-refractivity contribution in [1.82, 2.24) is 5.32 Å². The fraction of sp³-hybridized carbons (Fsp3) is 0.727. The van der Waals surface area contributed by atoms with E-state index in [1.165, 1.54) is 0 Å². The molecule has 0 bridgehead atoms. The molecule has 0 rings (SSSR count). The molecule has 0 radical (unpaired) electrons. The van der Waals surface area contributed by atoms with Crippen molar-refractivity contribution in [3.05, 3.63) is 0 Å². The monoisotopic (exact) mass is 260 g/mol. The van der Waals surface area contributed by atoms with Gasteiger partial charge < -0.3 is 21.3 Å². The topological polar surface area (TPSA) is 130 Å². The lowest BCUT2D eigenvalue weighted by atomic mass is 10.1. The van der Waals surface area contributed by atoms with Crippen molar-refractivity contribution < 1.29 is 24.6 Å². The molecule has 0 aliphatic carbocycles. The molecule has 0 aromatic rings. The minimum atomic E-state index is -1.26. The highest BCUT2D eigenvalue weighted by atomic mass is 16.4. The van der Waals surface area contributed by atoms with Crippen molar-refractivity contribution in [1.29, 1.82) is 0 Å². The first-order valence-corrected chi connectivity index (χ1v) is 5.89. The largest absolute Gasteiger partial charge is 0.481 e. The Hall–Kier alpha value is -1.63. The summed E-state index contributed by atoms with van der Waals surface area (Å²) in [7, 11) is 0. The van der Waals surface area contributed by atoms with Crippen LogP contribution in [0.4, 0.5) is 0 Å². The molecule has 0 fully saturated rings. The van der Waals surface area contributed by atoms with Gasteiger partial charge in [0.2, 0.25) is 5.91 Å². The zero-order valence-corrected chi connectivity index (χ0v) is 10.4. The highest BCUT2D eigenvalue weighted by molar-refractivity contribution is 5.87. The van der Waals surface area contributed by atoms with E-state index in [2.05, 4.69) is 5.32 Å². The Labute approximate surface area is 105 Å². The van der Waals surface area contributed by atoms with Crippen LogP contribution in [0.2, 0.25) is 0 Å². The van der Waals surface area contributed by atoms with Crippen LogP contribution in [0.5, 0.6) is 0 Å². The second-order valence-corrected chi connectivity index (χ2v) is 4.08. The smallest absolute Gasteiger partial charge is 0.326 e. The maximum absolute atomic E-state index is 11.6. The number of hydrogen-bond acceptors (Lipinski definition) is 4. The Balaban J connectivity index is 4.26. The molecule has 0 aromatic heterocycles. The quantitative estimate of drug-likeness (QED) is 0.459. The Morgan fingerprint density at radius 2 is 1.83 bits per heavy atom. The molecule has 5 N–H and O–H groups in total. The molecule has 104 valence electrons. The lowest BCUT2D eigenvalue weighted by Gasteiger charge is -2.17. The van der Waals surface area contributed by atoms with Crippen LogP contribution in [0.3, 0.4) is 0 Å². The van der Waals surface area contributed by atoms with Crippen molar-refractivity contribution in [3.8, 4) is 0 Å². The number of carbonyl (C=O) groups is 3. The zero-order valence-electron chi connectivity index (χ0n) is 10.4. The molecule has 0 aromatic carbocycles. The van der Waals surface area contributed by atoms with Gasteiger partial charge in [0.05, 0.1) is 6.04 Å². The number of nitrogens with one attached hydrogen (secondary N) is 1. The number of hydrogen-bond donors (Lipinski definition) is 4. The molecule has 0 saturated carbocycles. The van der Waals surface area contributed by atoms with E-state index < -0.39 is 29.9 Å². The van der Waals surface area contributed by atoms with Gasteiger partial charge in [-0.3, -0.25) is 9.59 Å². The first-order valence-electron chi connectivity index (χ1n) is 5.89. The summed E-state index contributed by atoms with van der Waals surface area (Å²) in [4.78, 5) is 32.8. The molecule has 1 amide bonds. The van der Waals surface area contributed by atoms with E-state index >= 15 is 0 Å². The van der Waals surface area contributed by atoms with Gasteiger partial charge in [-0.05, 0) is 12.8 Å². The molecule has 18 heavy (non-hydrogen) atoms. The van der Waals surface area contributed by atoms with Gasteiger partial charge in [-0.25, -0.2) is 4.79 Å². The normalized spacial score (nSPS) is 13.7. The summed E-state index contributed by atoms with van der Waals surface area (Å²) in [6.45, 7) is 1.96. The third-order valence-corrected chi connectivity index (χ3v) is 2.47. The lowest BCUT2D eigenvalue weighted by molar-refractivity contribution is -0.143. The second kappa shape index (κ2) is 8.46. The van der Waals surface area contributed by atoms with E-state index in [0.717, 1.165) is 12.8 Å². The maximum atomic E-state index is 11.6. The van der Waals surface area contributed by atoms with Crippen LogP contribution in [-0.2, 0) is 14.4 Å². The number of rotatable bonds is 9. The highest BCUT2D eigenvalue weighted by Gasteiger charge is 2.23. The predicted octanol–water partition coefficient (Wildman–Crippen LogP) is -0.0619. The van der Waals surface area contributed by atoms with Gasteiger partial charge in [-0.2, -0.15) is 0 Å². The molecular formula is C11H20N2O5. The highest BCUT2D eigenvalue weighted by Crippen LogP contribution is 2.02. The molecule has 0 aliphatic rings. The van der Waals surface area contributed by atoms with E-state index in [1.807, 2.05) is 6.92 Å². The number of amides is 1. The standard InChI is InChI=1S/C11H20N2O5/c1-2-3-4-7(12)10(16)13-8(11(17)18)5-6-9(14)15/h7-8H,2-6,12H2,1H3,(H,13,16)(H,14,15)(H,17,18)/t7-,8?/m0/s1. The van der Waals surface area contributed by atoms with Crippen LogP contribution in [0, 0.1) is 0 Å². The van der Waals surface area contributed by atoms with Crippen molar-refractivity contribution in [2.45, 2.75) is 51.1 Å². The molecule has 1 unspecified atom stereocenters. The van der Waals surface area contributed by atoms with Gasteiger partial charge >= 0.3 is 11.9 Å². The summed E-state index contributed by atoms with van der Waals surface area (Å²) in [6.07, 6.45) is 1.68. The molecule has 7 heteroatoms. The number of carboxylic acid groups (broad SMARTS) is 2. The van der Waals surface area contributed by atoms with Crippen LogP contribution >= 0.6 is 0 Å². The van der Waals surface area contributed by atoms with Crippen LogP contribution in [0.25, 0.3) is 0 Å². The van der Waals surface area contributed by atoms with E-state index in [1.54, 1.807) is 0 Å². The van der Waals surface area contributed by atoms with Gasteiger partial charge in [0, 0.05) is 6.42 Å². The van der Waals surface area contributed by atoms with E-state index in [0.29, 0.717) is 6.42 Å². The Morgan fingerprint density at radius 3 is 2.28 bits per heavy atom. The summed E-state index contributed by atoms with van der Waals surface area (Å²) in [5.41, 5.74) is 5.59. The molecule has 0 heterocycles. The van der Waals surface area contributed by atoms with E-state index in [9.17, 15) is 14.4 Å². The van der Waals surface area contributed by atoms with Crippen LogP contribution < -0.4 is 11.1 Å². The van der Waals surface area contributed by atoms with Gasteiger partial charge in [0.15, 0.2) is 0 Å². The minimum Gasteiger partial charge on any atom is -0.481 e. The molecular weight excluding hydrogens is 240 g/mol. The van der Waals surface area contributed by atoms with Crippen molar-refractivity contribution >= 4 is 17.8 Å². The van der Waals surface area contributed by atoms with E-state index in [4.69, 9.17) is 15.9 Å². The minimum absolute atomic E-state index is 0.156. The predicted molar refractivity (Wildman–Crippen MR) is 63.9 cm³/mol. The molecule has 0 saturated heterocycles. The zero-order chi connectivity index (χ0) is 14.1. The summed E-state index contributed by atoms with van der Waals surface area (Å²) < 4.78 is 0. The van der Waals surface area contributed by atoms with E-state index in [-0.39, 0.29) is 12.8 Å². The maximum Gasteiger partial charge on any atom is 0.326 e. The lowest BCUT2D eigenvalue weighted by Crippen LogP contribution is -2.48. The number of carboxylic acids is 2. The SMILES string of the molecule is CCCC[C@H](N)C(=O)NC(CCC(=O)O)C(=O)O. The van der Waals surface area contributed by atoms with Gasteiger partial charge in [-0.1, -0.05) is 19.8 Å². The van der Waals surface area contributed by atoms with Gasteiger partial charge in [-0.15, -0.1) is 0 Å². The molecule has 0 spiro atoms. The van der Waals surface area contributed by atoms with Gasteiger partial charge in [0.25, 0.3) is 0 Å². The summed E-state index contributed by atoms with van der Waals surface area (Å²) in [5.74, 6) is -2.92. The van der Waals surface area contributed by atoms with Crippen LogP contribution in [0.15, 0.2) is 0 Å². The van der Waals surface area contributed by atoms with Crippen LogP contribution in [-0.4, -0.2) is 40.1 Å². The third kappa shape index (κ3) is 6.85. The average Bonchev–Trinajstić information content (AvgIpc) is 2.30. The first kappa shape index (κ1) is 16.4. The summed E-state index contributed by atoms with van der Waals surface area (Å²) in [6, 6.07) is -1.96. The number of unbranched alkanes of at least 4 members (excludes halogenated alkanes) is 1. The average molecular weight is 260 g/mol. The molecule has 0 aliphatic heterocycles. The Morgan fingerprint density at radius 1 is 1.22 bits per heavy atom. The molecule has 7 nitrogen and oxygen atoms in total. The second-order valence-electron chi connectivity index (χ2n) is 4.08. The number of nitrogens with two attached hydrogens (primary N) is 1. The van der Waals surface area contributed by atoms with Crippen molar-refractivity contribution in [3.63, 3.8) is 0 Å². The number of aliphatic carboxylic acids is 2.